The van der Waals surface area contributed by atoms with E-state index in [0.29, 0.717) is 5.56 Å². The van der Waals surface area contributed by atoms with Gasteiger partial charge < -0.3 is 4.84 Å². The van der Waals surface area contributed by atoms with Crippen LogP contribution >= 0.6 is 0 Å². The fourth-order valence-electron chi connectivity index (χ4n) is 0.757. The van der Waals surface area contributed by atoms with Gasteiger partial charge in [0.05, 0.1) is 17.8 Å². The first-order chi connectivity index (χ1) is 5.86. The molecule has 0 unspecified atom stereocenters. The Balaban J connectivity index is 2.80. The molecular formula is C9H8N2O. The summed E-state index contributed by atoms with van der Waals surface area (Å²) in [6.07, 6.45) is 1.58. The number of hydrogen-bond acceptors (Lipinski definition) is 3. The van der Waals surface area contributed by atoms with E-state index < -0.39 is 0 Å². The Hall–Kier alpha value is -1.82. The molecule has 0 atom stereocenters. The molecule has 0 radical (unpaired) electrons. The van der Waals surface area contributed by atoms with E-state index in [0.717, 1.165) is 5.56 Å². The van der Waals surface area contributed by atoms with Crippen LogP contribution in [0.1, 0.15) is 11.1 Å². The van der Waals surface area contributed by atoms with E-state index in [1.54, 1.807) is 30.5 Å². The Morgan fingerprint density at radius 1 is 1.42 bits per heavy atom. The molecular weight excluding hydrogens is 152 g/mol. The van der Waals surface area contributed by atoms with Gasteiger partial charge in [-0.1, -0.05) is 17.3 Å². The molecule has 0 aromatic heterocycles. The molecule has 0 spiro atoms. The summed E-state index contributed by atoms with van der Waals surface area (Å²) < 4.78 is 0. The first kappa shape index (κ1) is 8.28. The second-order valence-electron chi connectivity index (χ2n) is 2.15. The van der Waals surface area contributed by atoms with Gasteiger partial charge in [-0.25, -0.2) is 0 Å². The van der Waals surface area contributed by atoms with E-state index >= 15 is 0 Å². The zero-order valence-corrected chi connectivity index (χ0v) is 6.69. The third-order valence-electron chi connectivity index (χ3n) is 1.35. The molecule has 0 amide bonds. The molecule has 0 saturated carbocycles. The van der Waals surface area contributed by atoms with Crippen LogP contribution in [0.3, 0.4) is 0 Å². The molecule has 0 fully saturated rings. The molecule has 3 heteroatoms. The maximum Gasteiger partial charge on any atom is 0.106 e. The number of hydrogen-bond donors (Lipinski definition) is 0. The summed E-state index contributed by atoms with van der Waals surface area (Å²) in [5.41, 5.74) is 1.56. The van der Waals surface area contributed by atoms with E-state index in [2.05, 4.69) is 9.99 Å². The summed E-state index contributed by atoms with van der Waals surface area (Å²) >= 11 is 0. The first-order valence-corrected chi connectivity index (χ1v) is 3.43. The van der Waals surface area contributed by atoms with E-state index in [1.807, 2.05) is 6.07 Å². The van der Waals surface area contributed by atoms with Crippen molar-refractivity contribution in [2.75, 3.05) is 7.11 Å². The Bertz CT molecular complexity index is 308. The van der Waals surface area contributed by atoms with Gasteiger partial charge in [-0.2, -0.15) is 5.26 Å². The molecule has 12 heavy (non-hydrogen) atoms. The van der Waals surface area contributed by atoms with E-state index in [1.165, 1.54) is 7.11 Å². The van der Waals surface area contributed by atoms with Crippen molar-refractivity contribution in [2.45, 2.75) is 0 Å². The summed E-state index contributed by atoms with van der Waals surface area (Å²) in [6, 6.07) is 9.11. The summed E-state index contributed by atoms with van der Waals surface area (Å²) in [4.78, 5) is 4.51. The van der Waals surface area contributed by atoms with E-state index in [-0.39, 0.29) is 0 Å². The quantitative estimate of drug-likeness (QED) is 0.486. The van der Waals surface area contributed by atoms with Crippen LogP contribution in [0.4, 0.5) is 0 Å². The highest BCUT2D eigenvalue weighted by atomic mass is 16.6. The largest absolute Gasteiger partial charge is 0.399 e. The SMILES string of the molecule is CO/N=C/c1ccc(C#N)cc1. The smallest absolute Gasteiger partial charge is 0.106 e. The van der Waals surface area contributed by atoms with Crippen molar-refractivity contribution in [3.8, 4) is 6.07 Å². The molecule has 0 aliphatic rings. The van der Waals surface area contributed by atoms with Crippen LogP contribution in [0.2, 0.25) is 0 Å². The van der Waals surface area contributed by atoms with Gasteiger partial charge in [0, 0.05) is 0 Å². The number of rotatable bonds is 2. The third-order valence-corrected chi connectivity index (χ3v) is 1.35. The van der Waals surface area contributed by atoms with Crippen molar-refractivity contribution in [1.29, 1.82) is 5.26 Å². The molecule has 0 heterocycles. The fraction of sp³-hybridized carbons (Fsp3) is 0.111. The molecule has 1 aromatic carbocycles. The molecule has 1 aromatic rings. The van der Waals surface area contributed by atoms with Gasteiger partial charge in [-0.05, 0) is 17.7 Å². The van der Waals surface area contributed by atoms with Gasteiger partial charge in [0.2, 0.25) is 0 Å². The summed E-state index contributed by atoms with van der Waals surface area (Å²) in [5.74, 6) is 0. The average molecular weight is 160 g/mol. The fourth-order valence-corrected chi connectivity index (χ4v) is 0.757. The zero-order chi connectivity index (χ0) is 8.81. The predicted molar refractivity (Wildman–Crippen MR) is 45.8 cm³/mol. The average Bonchev–Trinajstić information content (AvgIpc) is 2.15. The number of nitriles is 1. The lowest BCUT2D eigenvalue weighted by atomic mass is 10.2. The van der Waals surface area contributed by atoms with E-state index in [9.17, 15) is 0 Å². The van der Waals surface area contributed by atoms with E-state index in [4.69, 9.17) is 5.26 Å². The highest BCUT2D eigenvalue weighted by Crippen LogP contribution is 2.00. The van der Waals surface area contributed by atoms with Crippen LogP contribution in [0, 0.1) is 11.3 Å². The van der Waals surface area contributed by atoms with Crippen molar-refractivity contribution in [3.05, 3.63) is 35.4 Å². The lowest BCUT2D eigenvalue weighted by Gasteiger charge is -1.91. The number of nitrogens with zero attached hydrogens (tertiary/aromatic N) is 2. The molecule has 0 aliphatic heterocycles. The third kappa shape index (κ3) is 2.10. The van der Waals surface area contributed by atoms with Gasteiger partial charge in [0.1, 0.15) is 7.11 Å². The zero-order valence-electron chi connectivity index (χ0n) is 6.69. The van der Waals surface area contributed by atoms with Crippen LogP contribution in [0.25, 0.3) is 0 Å². The van der Waals surface area contributed by atoms with Crippen molar-refractivity contribution in [2.24, 2.45) is 5.16 Å². The number of oxime groups is 1. The Labute approximate surface area is 70.9 Å². The van der Waals surface area contributed by atoms with Crippen LogP contribution in [0.5, 0.6) is 0 Å². The molecule has 0 N–H and O–H groups in total. The Morgan fingerprint density at radius 3 is 2.58 bits per heavy atom. The molecule has 0 saturated heterocycles. The van der Waals surface area contributed by atoms with Crippen LogP contribution < -0.4 is 0 Å². The highest BCUT2D eigenvalue weighted by Gasteiger charge is 1.89. The lowest BCUT2D eigenvalue weighted by Crippen LogP contribution is -1.81. The molecule has 60 valence electrons. The van der Waals surface area contributed by atoms with Gasteiger partial charge >= 0.3 is 0 Å². The maximum absolute atomic E-state index is 8.50. The first-order valence-electron chi connectivity index (χ1n) is 3.43. The van der Waals surface area contributed by atoms with Gasteiger partial charge in [0.15, 0.2) is 0 Å². The monoisotopic (exact) mass is 160 g/mol. The van der Waals surface area contributed by atoms with Crippen LogP contribution in [-0.2, 0) is 4.84 Å². The van der Waals surface area contributed by atoms with Crippen LogP contribution in [-0.4, -0.2) is 13.3 Å². The normalized spacial score (nSPS) is 9.67. The Kier molecular flexibility index (Phi) is 2.86. The predicted octanol–water partition coefficient (Wildman–Crippen LogP) is 1.54. The minimum absolute atomic E-state index is 0.643. The molecule has 0 bridgehead atoms. The van der Waals surface area contributed by atoms with Gasteiger partial charge in [-0.3, -0.25) is 0 Å². The number of benzene rings is 1. The Morgan fingerprint density at radius 2 is 2.08 bits per heavy atom. The molecule has 3 nitrogen and oxygen atoms in total. The van der Waals surface area contributed by atoms with Crippen LogP contribution in [0.15, 0.2) is 29.4 Å². The standard InChI is InChI=1S/C9H8N2O/c1-12-11-7-9-4-2-8(6-10)3-5-9/h2-5,7H,1H3/b11-7+. The minimum Gasteiger partial charge on any atom is -0.399 e. The van der Waals surface area contributed by atoms with Gasteiger partial charge in [-0.15, -0.1) is 0 Å². The topological polar surface area (TPSA) is 45.4 Å². The van der Waals surface area contributed by atoms with Crippen molar-refractivity contribution < 1.29 is 4.84 Å². The van der Waals surface area contributed by atoms with Crippen molar-refractivity contribution in [3.63, 3.8) is 0 Å². The lowest BCUT2D eigenvalue weighted by molar-refractivity contribution is 0.215. The van der Waals surface area contributed by atoms with Crippen molar-refractivity contribution >= 4 is 6.21 Å². The summed E-state index contributed by atoms with van der Waals surface area (Å²) in [6.45, 7) is 0. The van der Waals surface area contributed by atoms with Gasteiger partial charge in [0.25, 0.3) is 0 Å². The summed E-state index contributed by atoms with van der Waals surface area (Å²) in [5, 5.41) is 12.1. The molecule has 1 rings (SSSR count). The second kappa shape index (κ2) is 4.14. The van der Waals surface area contributed by atoms with Crippen molar-refractivity contribution in [1.82, 2.24) is 0 Å². The minimum atomic E-state index is 0.643. The molecule has 0 aliphatic carbocycles. The maximum atomic E-state index is 8.50. The summed E-state index contributed by atoms with van der Waals surface area (Å²) in [7, 11) is 1.49. The second-order valence-corrected chi connectivity index (χ2v) is 2.15. The highest BCUT2D eigenvalue weighted by molar-refractivity contribution is 5.79.